The molecule has 338 valence electrons. The van der Waals surface area contributed by atoms with Crippen molar-refractivity contribution in [3.05, 3.63) is 267 Å². The molecular weight excluding hydrogens is 881 g/mol. The number of hydrogen-bond acceptors (Lipinski definition) is 1. The van der Waals surface area contributed by atoms with Crippen LogP contribution in [0.2, 0.25) is 0 Å². The fourth-order valence-corrected chi connectivity index (χ4v) is 12.1. The number of para-hydroxylation sites is 1. The van der Waals surface area contributed by atoms with E-state index in [0.29, 0.717) is 0 Å². The lowest BCUT2D eigenvalue weighted by atomic mass is 9.84. The summed E-state index contributed by atoms with van der Waals surface area (Å²) in [6, 6.07) is 98.1. The molecule has 0 unspecified atom stereocenters. The highest BCUT2D eigenvalue weighted by Gasteiger charge is 2.21. The first-order chi connectivity index (χ1) is 36.2. The van der Waals surface area contributed by atoms with Crippen LogP contribution in [0.1, 0.15) is 0 Å². The van der Waals surface area contributed by atoms with Crippen LogP contribution >= 0.6 is 0 Å². The number of fused-ring (bicyclic) bond motifs is 9. The van der Waals surface area contributed by atoms with Gasteiger partial charge in [0, 0.05) is 10.8 Å². The first-order valence-corrected chi connectivity index (χ1v) is 25.2. The van der Waals surface area contributed by atoms with Gasteiger partial charge in [-0.05, 0) is 168 Å². The van der Waals surface area contributed by atoms with E-state index in [2.05, 4.69) is 261 Å². The Kier molecular flexibility index (Phi) is 9.33. The molecule has 0 spiro atoms. The molecule has 0 N–H and O–H groups in total. The summed E-state index contributed by atoms with van der Waals surface area (Å²) in [5, 5.41) is 17.2. The molecule has 0 aliphatic heterocycles. The summed E-state index contributed by atoms with van der Waals surface area (Å²) < 4.78 is 6.41. The van der Waals surface area contributed by atoms with E-state index in [1.165, 1.54) is 131 Å². The van der Waals surface area contributed by atoms with Crippen molar-refractivity contribution >= 4 is 86.6 Å². The van der Waals surface area contributed by atoms with E-state index in [9.17, 15) is 0 Å². The summed E-state index contributed by atoms with van der Waals surface area (Å²) in [7, 11) is 0. The average molecular weight is 925 g/mol. The van der Waals surface area contributed by atoms with Crippen molar-refractivity contribution in [3.8, 4) is 66.8 Å². The summed E-state index contributed by atoms with van der Waals surface area (Å²) in [5.41, 5.74) is 16.5. The topological polar surface area (TPSA) is 13.1 Å². The predicted octanol–water partition coefficient (Wildman–Crippen LogP) is 20.5. The van der Waals surface area contributed by atoms with E-state index < -0.39 is 0 Å². The highest BCUT2D eigenvalue weighted by molar-refractivity contribution is 6.26. The second-order valence-corrected chi connectivity index (χ2v) is 19.5. The van der Waals surface area contributed by atoms with E-state index in [-0.39, 0.29) is 0 Å². The van der Waals surface area contributed by atoms with Crippen LogP contribution < -0.4 is 0 Å². The maximum absolute atomic E-state index is 6.41. The lowest BCUT2D eigenvalue weighted by Crippen LogP contribution is -1.91. The van der Waals surface area contributed by atoms with Crippen LogP contribution in [0, 0.1) is 0 Å². The van der Waals surface area contributed by atoms with Gasteiger partial charge in [-0.3, -0.25) is 0 Å². The number of hydrogen-bond donors (Lipinski definition) is 0. The third-order valence-electron chi connectivity index (χ3n) is 15.4. The quantitative estimate of drug-likeness (QED) is 0.151. The molecule has 1 heteroatoms. The minimum Gasteiger partial charge on any atom is -0.456 e. The van der Waals surface area contributed by atoms with Crippen LogP contribution in [0.25, 0.3) is 153 Å². The number of furan rings is 1. The maximum Gasteiger partial charge on any atom is 0.136 e. The van der Waals surface area contributed by atoms with Crippen molar-refractivity contribution in [3.63, 3.8) is 0 Å². The van der Waals surface area contributed by atoms with E-state index in [1.807, 2.05) is 6.07 Å². The molecule has 0 bridgehead atoms. The van der Waals surface area contributed by atoms with Gasteiger partial charge in [-0.25, -0.2) is 0 Å². The Morgan fingerprint density at radius 1 is 0.192 bits per heavy atom. The molecule has 1 heterocycles. The van der Waals surface area contributed by atoms with Gasteiger partial charge in [0.05, 0.1) is 0 Å². The molecule has 73 heavy (non-hydrogen) atoms. The molecule has 1 nitrogen and oxygen atoms in total. The SMILES string of the molecule is c1ccc(-c2c3ccccc3c(-c3ccc(-c4ccc5ccc(-c6ccc7ccc(-c8c9ccccc9c(-c9cccc%10oc%11ccccc%11c9%10)c9ccccc89)cc7c6)cc5c4)cc3)c3ccccc23)cc1. The van der Waals surface area contributed by atoms with Gasteiger partial charge >= 0.3 is 0 Å². The van der Waals surface area contributed by atoms with Crippen LogP contribution in [-0.4, -0.2) is 0 Å². The fourth-order valence-electron chi connectivity index (χ4n) is 12.1. The Bertz CT molecular complexity index is 4600. The maximum atomic E-state index is 6.41. The predicted molar refractivity (Wildman–Crippen MR) is 311 cm³/mol. The second-order valence-electron chi connectivity index (χ2n) is 19.5. The molecule has 15 aromatic rings. The van der Waals surface area contributed by atoms with Crippen LogP contribution in [0.3, 0.4) is 0 Å². The van der Waals surface area contributed by atoms with Gasteiger partial charge in [-0.1, -0.05) is 231 Å². The molecule has 15 rings (SSSR count). The van der Waals surface area contributed by atoms with Crippen molar-refractivity contribution in [1.82, 2.24) is 0 Å². The monoisotopic (exact) mass is 924 g/mol. The average Bonchev–Trinajstić information content (AvgIpc) is 3.85. The standard InChI is InChI=1S/C72H44O/c1-2-15-48(16-3-1)68-56-17-4-6-19-58(56)69(59-20-7-5-18-57(59)68)49-35-29-45(30-36-49)50-37-31-46-32-38-51(42-54(46)41-50)52-39-33-47-34-40-53(44-55(47)43-52)70-60-21-8-10-23-62(60)71(63-24-11-9-22-61(63)70)65-26-14-28-67-72(65)64-25-12-13-27-66(64)73-67/h1-44H. The van der Waals surface area contributed by atoms with Gasteiger partial charge in [0.15, 0.2) is 0 Å². The Labute approximate surface area is 422 Å². The second kappa shape index (κ2) is 16.5. The summed E-state index contributed by atoms with van der Waals surface area (Å²) in [5.74, 6) is 0. The Hall–Kier alpha value is -9.56. The molecule has 0 saturated heterocycles. The van der Waals surface area contributed by atoms with Gasteiger partial charge in [0.1, 0.15) is 11.2 Å². The molecular formula is C72H44O. The Morgan fingerprint density at radius 2 is 0.534 bits per heavy atom. The van der Waals surface area contributed by atoms with Crippen LogP contribution in [0.4, 0.5) is 0 Å². The number of rotatable bonds is 6. The summed E-state index contributed by atoms with van der Waals surface area (Å²) >= 11 is 0. The van der Waals surface area contributed by atoms with Crippen LogP contribution in [0.15, 0.2) is 271 Å². The summed E-state index contributed by atoms with van der Waals surface area (Å²) in [6.45, 7) is 0. The smallest absolute Gasteiger partial charge is 0.136 e. The van der Waals surface area contributed by atoms with Crippen molar-refractivity contribution in [2.45, 2.75) is 0 Å². The Balaban J connectivity index is 0.802. The third kappa shape index (κ3) is 6.63. The van der Waals surface area contributed by atoms with Gasteiger partial charge in [-0.15, -0.1) is 0 Å². The molecule has 0 fully saturated rings. The first-order valence-electron chi connectivity index (χ1n) is 25.2. The lowest BCUT2D eigenvalue weighted by molar-refractivity contribution is 0.669. The van der Waals surface area contributed by atoms with Gasteiger partial charge in [0.2, 0.25) is 0 Å². The molecule has 0 radical (unpaired) electrons. The molecule has 0 aliphatic rings. The van der Waals surface area contributed by atoms with Gasteiger partial charge in [-0.2, -0.15) is 0 Å². The third-order valence-corrected chi connectivity index (χ3v) is 15.4. The molecule has 0 amide bonds. The highest BCUT2D eigenvalue weighted by Crippen LogP contribution is 2.48. The zero-order valence-corrected chi connectivity index (χ0v) is 39.8. The zero-order chi connectivity index (χ0) is 48.0. The minimum atomic E-state index is 0.906. The van der Waals surface area contributed by atoms with Crippen molar-refractivity contribution < 1.29 is 4.42 Å². The molecule has 0 saturated carbocycles. The fraction of sp³-hybridized carbons (Fsp3) is 0. The summed E-state index contributed by atoms with van der Waals surface area (Å²) in [6.07, 6.45) is 0. The lowest BCUT2D eigenvalue weighted by Gasteiger charge is -2.18. The molecule has 14 aromatic carbocycles. The van der Waals surface area contributed by atoms with E-state index >= 15 is 0 Å². The van der Waals surface area contributed by atoms with Crippen molar-refractivity contribution in [2.24, 2.45) is 0 Å². The molecule has 0 atom stereocenters. The van der Waals surface area contributed by atoms with Crippen molar-refractivity contribution in [1.29, 1.82) is 0 Å². The van der Waals surface area contributed by atoms with Crippen LogP contribution in [0.5, 0.6) is 0 Å². The number of benzene rings is 14. The van der Waals surface area contributed by atoms with Gasteiger partial charge < -0.3 is 4.42 Å². The molecule has 0 aliphatic carbocycles. The summed E-state index contributed by atoms with van der Waals surface area (Å²) in [4.78, 5) is 0. The molecule has 1 aromatic heterocycles. The normalized spacial score (nSPS) is 11.8. The van der Waals surface area contributed by atoms with Crippen molar-refractivity contribution in [2.75, 3.05) is 0 Å². The first kappa shape index (κ1) is 41.2. The van der Waals surface area contributed by atoms with Gasteiger partial charge in [0.25, 0.3) is 0 Å². The van der Waals surface area contributed by atoms with E-state index in [1.54, 1.807) is 0 Å². The largest absolute Gasteiger partial charge is 0.456 e. The Morgan fingerprint density at radius 3 is 1.04 bits per heavy atom. The highest BCUT2D eigenvalue weighted by atomic mass is 16.3. The zero-order valence-electron chi connectivity index (χ0n) is 39.8. The van der Waals surface area contributed by atoms with E-state index in [4.69, 9.17) is 4.42 Å². The van der Waals surface area contributed by atoms with E-state index in [0.717, 1.165) is 21.9 Å². The van der Waals surface area contributed by atoms with Crippen LogP contribution in [-0.2, 0) is 0 Å². The minimum absolute atomic E-state index is 0.906.